The lowest BCUT2D eigenvalue weighted by molar-refractivity contribution is -0.140. The van der Waals surface area contributed by atoms with Gasteiger partial charge >= 0.3 is 5.97 Å². The molecule has 0 N–H and O–H groups in total. The number of benzene rings is 1. The lowest BCUT2D eigenvalue weighted by atomic mass is 10.1. The highest BCUT2D eigenvalue weighted by atomic mass is 35.5. The number of ether oxygens (including phenoxy) is 1. The smallest absolute Gasteiger partial charge is 0.305 e. The average Bonchev–Trinajstić information content (AvgIpc) is 2.12. The van der Waals surface area contributed by atoms with Gasteiger partial charge in [-0.3, -0.25) is 4.79 Å². The molecular weight excluding hydrogens is 226 g/mol. The van der Waals surface area contributed by atoms with Crippen LogP contribution in [0.5, 0.6) is 0 Å². The van der Waals surface area contributed by atoms with E-state index in [0.717, 1.165) is 6.07 Å². The summed E-state index contributed by atoms with van der Waals surface area (Å²) in [6.07, 6.45) is 0.404. The molecule has 0 heterocycles. The van der Waals surface area contributed by atoms with Gasteiger partial charge in [0.25, 0.3) is 0 Å². The molecule has 5 heteroatoms. The van der Waals surface area contributed by atoms with E-state index >= 15 is 0 Å². The summed E-state index contributed by atoms with van der Waals surface area (Å²) in [6.45, 7) is 0. The Bertz CT molecular complexity index is 322. The molecule has 0 bridgehead atoms. The van der Waals surface area contributed by atoms with E-state index < -0.39 is 17.6 Å². The number of carbonyl (C=O) groups excluding carboxylic acids is 1. The van der Waals surface area contributed by atoms with Crippen LogP contribution >= 0.6 is 12.4 Å². The van der Waals surface area contributed by atoms with Crippen molar-refractivity contribution in [1.29, 1.82) is 0 Å². The molecule has 2 nitrogen and oxygen atoms in total. The number of aryl methyl sites for hydroxylation is 1. The highest BCUT2D eigenvalue weighted by Crippen LogP contribution is 2.10. The standard InChI is InChI=1S/C10H10F2O2.ClH/c1-14-10(13)3-2-7-4-8(11)6-9(12)5-7;/h4-6H,2-3H2,1H3;1H. The third kappa shape index (κ3) is 4.74. The zero-order valence-electron chi connectivity index (χ0n) is 8.13. The Labute approximate surface area is 92.7 Å². The first kappa shape index (κ1) is 13.8. The summed E-state index contributed by atoms with van der Waals surface area (Å²) < 4.78 is 29.8. The summed E-state index contributed by atoms with van der Waals surface area (Å²) in [5, 5.41) is 0. The number of esters is 1. The van der Waals surface area contributed by atoms with E-state index in [-0.39, 0.29) is 25.2 Å². The van der Waals surface area contributed by atoms with Gasteiger partial charge in [-0.1, -0.05) is 0 Å². The number of carbonyl (C=O) groups is 1. The molecule has 15 heavy (non-hydrogen) atoms. The van der Waals surface area contributed by atoms with Gasteiger partial charge in [-0.2, -0.15) is 0 Å². The van der Waals surface area contributed by atoms with Gasteiger partial charge < -0.3 is 4.74 Å². The zero-order valence-corrected chi connectivity index (χ0v) is 8.94. The Morgan fingerprint density at radius 3 is 2.27 bits per heavy atom. The zero-order chi connectivity index (χ0) is 10.6. The molecular formula is C10H11ClF2O2. The molecule has 0 spiro atoms. The number of methoxy groups -OCH3 is 1. The van der Waals surface area contributed by atoms with E-state index in [4.69, 9.17) is 0 Å². The first-order valence-corrected chi connectivity index (χ1v) is 4.13. The summed E-state index contributed by atoms with van der Waals surface area (Å²) in [7, 11) is 1.27. The van der Waals surface area contributed by atoms with E-state index in [1.165, 1.54) is 19.2 Å². The van der Waals surface area contributed by atoms with Crippen LogP contribution in [0.1, 0.15) is 12.0 Å². The second-order valence-electron chi connectivity index (χ2n) is 2.85. The quantitative estimate of drug-likeness (QED) is 0.754. The molecule has 0 atom stereocenters. The van der Waals surface area contributed by atoms with Gasteiger partial charge in [-0.15, -0.1) is 12.4 Å². The maximum absolute atomic E-state index is 12.7. The van der Waals surface area contributed by atoms with E-state index in [0.29, 0.717) is 5.56 Å². The fourth-order valence-corrected chi connectivity index (χ4v) is 1.10. The predicted octanol–water partition coefficient (Wildman–Crippen LogP) is 2.49. The summed E-state index contributed by atoms with van der Waals surface area (Å²) in [6, 6.07) is 3.19. The third-order valence-electron chi connectivity index (χ3n) is 1.77. The Hall–Kier alpha value is -1.16. The van der Waals surface area contributed by atoms with Crippen molar-refractivity contribution in [3.8, 4) is 0 Å². The van der Waals surface area contributed by atoms with Crippen LogP contribution in [0.25, 0.3) is 0 Å². The minimum Gasteiger partial charge on any atom is -0.469 e. The SMILES string of the molecule is COC(=O)CCc1cc(F)cc(F)c1.Cl. The minimum absolute atomic E-state index is 0. The predicted molar refractivity (Wildman–Crippen MR) is 53.9 cm³/mol. The summed E-state index contributed by atoms with van der Waals surface area (Å²) in [5.74, 6) is -1.66. The lowest BCUT2D eigenvalue weighted by Crippen LogP contribution is -2.02. The fourth-order valence-electron chi connectivity index (χ4n) is 1.10. The fraction of sp³-hybridized carbons (Fsp3) is 0.300. The van der Waals surface area contributed by atoms with Crippen molar-refractivity contribution >= 4 is 18.4 Å². The molecule has 1 rings (SSSR count). The number of hydrogen-bond donors (Lipinski definition) is 0. The van der Waals surface area contributed by atoms with Crippen molar-refractivity contribution in [2.45, 2.75) is 12.8 Å². The highest BCUT2D eigenvalue weighted by Gasteiger charge is 2.04. The van der Waals surface area contributed by atoms with Crippen molar-refractivity contribution < 1.29 is 18.3 Å². The van der Waals surface area contributed by atoms with Crippen molar-refractivity contribution in [3.05, 3.63) is 35.4 Å². The highest BCUT2D eigenvalue weighted by molar-refractivity contribution is 5.85. The number of hydrogen-bond acceptors (Lipinski definition) is 2. The van der Waals surface area contributed by atoms with Gasteiger partial charge in [0.05, 0.1) is 7.11 Å². The van der Waals surface area contributed by atoms with E-state index in [2.05, 4.69) is 4.74 Å². The topological polar surface area (TPSA) is 26.3 Å². The minimum atomic E-state index is -0.634. The molecule has 0 aliphatic heterocycles. The van der Waals surface area contributed by atoms with Crippen molar-refractivity contribution in [3.63, 3.8) is 0 Å². The van der Waals surface area contributed by atoms with Gasteiger partial charge in [0.2, 0.25) is 0 Å². The molecule has 0 saturated heterocycles. The second kappa shape index (κ2) is 6.35. The van der Waals surface area contributed by atoms with Crippen LogP contribution in [-0.4, -0.2) is 13.1 Å². The molecule has 0 aliphatic rings. The Balaban J connectivity index is 0.00000196. The molecule has 0 unspecified atom stereocenters. The summed E-state index contributed by atoms with van der Waals surface area (Å²) in [5.41, 5.74) is 0.452. The monoisotopic (exact) mass is 236 g/mol. The van der Waals surface area contributed by atoms with E-state index in [1.54, 1.807) is 0 Å². The van der Waals surface area contributed by atoms with Crippen LogP contribution in [0.2, 0.25) is 0 Å². The molecule has 0 aliphatic carbocycles. The molecule has 0 aromatic heterocycles. The van der Waals surface area contributed by atoms with Gasteiger partial charge in [0.1, 0.15) is 11.6 Å². The Morgan fingerprint density at radius 2 is 1.80 bits per heavy atom. The van der Waals surface area contributed by atoms with Crippen LogP contribution < -0.4 is 0 Å². The maximum Gasteiger partial charge on any atom is 0.305 e. The molecule has 0 fully saturated rings. The molecule has 0 radical (unpaired) electrons. The van der Waals surface area contributed by atoms with Gasteiger partial charge in [-0.25, -0.2) is 8.78 Å². The van der Waals surface area contributed by atoms with Crippen LogP contribution in [-0.2, 0) is 16.0 Å². The van der Waals surface area contributed by atoms with Crippen LogP contribution in [0.15, 0.2) is 18.2 Å². The largest absolute Gasteiger partial charge is 0.469 e. The Morgan fingerprint density at radius 1 is 1.27 bits per heavy atom. The van der Waals surface area contributed by atoms with Gasteiger partial charge in [0.15, 0.2) is 0 Å². The lowest BCUT2D eigenvalue weighted by Gasteiger charge is -2.01. The molecule has 84 valence electrons. The summed E-state index contributed by atoms with van der Waals surface area (Å²) >= 11 is 0. The second-order valence-corrected chi connectivity index (χ2v) is 2.85. The van der Waals surface area contributed by atoms with Crippen molar-refractivity contribution in [2.24, 2.45) is 0 Å². The normalized spacial score (nSPS) is 9.27. The first-order valence-electron chi connectivity index (χ1n) is 4.13. The summed E-state index contributed by atoms with van der Waals surface area (Å²) in [4.78, 5) is 10.7. The molecule has 0 saturated carbocycles. The molecule has 1 aromatic carbocycles. The van der Waals surface area contributed by atoms with E-state index in [1.807, 2.05) is 0 Å². The number of rotatable bonds is 3. The maximum atomic E-state index is 12.7. The average molecular weight is 237 g/mol. The van der Waals surface area contributed by atoms with Crippen molar-refractivity contribution in [1.82, 2.24) is 0 Å². The van der Waals surface area contributed by atoms with Crippen molar-refractivity contribution in [2.75, 3.05) is 7.11 Å². The molecule has 1 aromatic rings. The first-order chi connectivity index (χ1) is 6.61. The third-order valence-corrected chi connectivity index (χ3v) is 1.77. The van der Waals surface area contributed by atoms with Crippen LogP contribution in [0.3, 0.4) is 0 Å². The molecule has 0 amide bonds. The van der Waals surface area contributed by atoms with Crippen LogP contribution in [0, 0.1) is 11.6 Å². The van der Waals surface area contributed by atoms with Gasteiger partial charge in [0, 0.05) is 12.5 Å². The Kier molecular flexibility index (Phi) is 5.86. The van der Waals surface area contributed by atoms with Crippen LogP contribution in [0.4, 0.5) is 8.78 Å². The van der Waals surface area contributed by atoms with Gasteiger partial charge in [-0.05, 0) is 24.1 Å². The van der Waals surface area contributed by atoms with E-state index in [9.17, 15) is 13.6 Å². The number of halogens is 3.